The molecule has 1 aromatic carbocycles. The summed E-state index contributed by atoms with van der Waals surface area (Å²) in [7, 11) is 0. The molecule has 0 bridgehead atoms. The van der Waals surface area contributed by atoms with Crippen LogP contribution in [0.5, 0.6) is 0 Å². The largest absolute Gasteiger partial charge is 0.318 e. The lowest BCUT2D eigenvalue weighted by Gasteiger charge is -2.15. The average Bonchev–Trinajstić information content (AvgIpc) is 3.02. The second kappa shape index (κ2) is 5.78. The van der Waals surface area contributed by atoms with Gasteiger partial charge in [0.25, 0.3) is 0 Å². The summed E-state index contributed by atoms with van der Waals surface area (Å²) < 4.78 is 2.28. The standard InChI is InChI=1S/C16H18ClN3S/c1-10-4-5-13-14(8-10)20(15(19-13)6-7-17)12(3)16-18-9-11(2)21-16/h4-5,8-9,12H,6-7H2,1-3H3. The first-order valence-corrected chi connectivity index (χ1v) is 8.41. The zero-order chi connectivity index (χ0) is 15.0. The van der Waals surface area contributed by atoms with Gasteiger partial charge in [0.1, 0.15) is 10.8 Å². The third-order valence-electron chi connectivity index (χ3n) is 3.62. The Morgan fingerprint density at radius 1 is 1.33 bits per heavy atom. The van der Waals surface area contributed by atoms with Gasteiger partial charge in [-0.05, 0) is 38.5 Å². The zero-order valence-electron chi connectivity index (χ0n) is 12.4. The van der Waals surface area contributed by atoms with Crippen molar-refractivity contribution in [1.82, 2.24) is 14.5 Å². The van der Waals surface area contributed by atoms with Gasteiger partial charge in [-0.15, -0.1) is 22.9 Å². The van der Waals surface area contributed by atoms with Crippen LogP contribution in [-0.2, 0) is 6.42 Å². The fourth-order valence-electron chi connectivity index (χ4n) is 2.62. The number of aromatic nitrogens is 3. The highest BCUT2D eigenvalue weighted by Crippen LogP contribution is 2.29. The van der Waals surface area contributed by atoms with Crippen molar-refractivity contribution in [2.75, 3.05) is 5.88 Å². The van der Waals surface area contributed by atoms with E-state index < -0.39 is 0 Å². The summed E-state index contributed by atoms with van der Waals surface area (Å²) in [6.45, 7) is 6.37. The number of fused-ring (bicyclic) bond motifs is 1. The Kier molecular flexibility index (Phi) is 4.00. The highest BCUT2D eigenvalue weighted by molar-refractivity contribution is 7.11. The molecule has 0 spiro atoms. The fraction of sp³-hybridized carbons (Fsp3) is 0.375. The van der Waals surface area contributed by atoms with Crippen molar-refractivity contribution >= 4 is 34.0 Å². The van der Waals surface area contributed by atoms with Crippen LogP contribution >= 0.6 is 22.9 Å². The summed E-state index contributed by atoms with van der Waals surface area (Å²) >= 11 is 7.70. The van der Waals surface area contributed by atoms with Gasteiger partial charge in [0, 0.05) is 23.4 Å². The average molecular weight is 320 g/mol. The molecule has 3 rings (SSSR count). The van der Waals surface area contributed by atoms with Crippen LogP contribution in [0.1, 0.15) is 34.2 Å². The summed E-state index contributed by atoms with van der Waals surface area (Å²) in [5, 5.41) is 1.11. The van der Waals surface area contributed by atoms with Crippen molar-refractivity contribution < 1.29 is 0 Å². The summed E-state index contributed by atoms with van der Waals surface area (Å²) in [5.74, 6) is 1.61. The Labute approximate surface area is 133 Å². The first-order chi connectivity index (χ1) is 10.1. The van der Waals surface area contributed by atoms with E-state index in [1.807, 2.05) is 6.20 Å². The molecule has 0 aliphatic heterocycles. The van der Waals surface area contributed by atoms with E-state index in [0.717, 1.165) is 28.3 Å². The SMILES string of the molecule is Cc1ccc2nc(CCCl)n(C(C)c3ncc(C)s3)c2c1. The van der Waals surface area contributed by atoms with Gasteiger partial charge in [0.15, 0.2) is 0 Å². The Morgan fingerprint density at radius 2 is 2.14 bits per heavy atom. The Bertz CT molecular complexity index is 775. The monoisotopic (exact) mass is 319 g/mol. The van der Waals surface area contributed by atoms with Crippen LogP contribution in [0.25, 0.3) is 11.0 Å². The second-order valence-electron chi connectivity index (χ2n) is 5.31. The first kappa shape index (κ1) is 14.5. The number of hydrogen-bond acceptors (Lipinski definition) is 3. The first-order valence-electron chi connectivity index (χ1n) is 7.06. The maximum Gasteiger partial charge on any atom is 0.115 e. The van der Waals surface area contributed by atoms with E-state index in [4.69, 9.17) is 16.6 Å². The lowest BCUT2D eigenvalue weighted by molar-refractivity contribution is 0.620. The van der Waals surface area contributed by atoms with Gasteiger partial charge in [-0.25, -0.2) is 9.97 Å². The number of aryl methyl sites for hydroxylation is 3. The van der Waals surface area contributed by atoms with Crippen LogP contribution < -0.4 is 0 Å². The maximum atomic E-state index is 5.96. The third kappa shape index (κ3) is 2.70. The van der Waals surface area contributed by atoms with Crippen LogP contribution in [0.4, 0.5) is 0 Å². The summed E-state index contributed by atoms with van der Waals surface area (Å²) in [6.07, 6.45) is 2.70. The third-order valence-corrected chi connectivity index (χ3v) is 4.89. The number of rotatable bonds is 4. The van der Waals surface area contributed by atoms with Gasteiger partial charge < -0.3 is 4.57 Å². The molecule has 21 heavy (non-hydrogen) atoms. The van der Waals surface area contributed by atoms with Crippen molar-refractivity contribution in [3.05, 3.63) is 45.7 Å². The minimum Gasteiger partial charge on any atom is -0.318 e. The molecule has 0 aliphatic carbocycles. The van der Waals surface area contributed by atoms with E-state index in [2.05, 4.69) is 48.5 Å². The van der Waals surface area contributed by atoms with Crippen molar-refractivity contribution in [3.8, 4) is 0 Å². The summed E-state index contributed by atoms with van der Waals surface area (Å²) in [4.78, 5) is 10.5. The molecule has 0 fully saturated rings. The number of hydrogen-bond donors (Lipinski definition) is 0. The van der Waals surface area contributed by atoms with Gasteiger partial charge in [-0.3, -0.25) is 0 Å². The fourth-order valence-corrected chi connectivity index (χ4v) is 3.61. The predicted octanol–water partition coefficient (Wildman–Crippen LogP) is 4.50. The molecule has 5 heteroatoms. The van der Waals surface area contributed by atoms with Crippen molar-refractivity contribution in [2.24, 2.45) is 0 Å². The van der Waals surface area contributed by atoms with Crippen molar-refractivity contribution in [1.29, 1.82) is 0 Å². The van der Waals surface area contributed by atoms with E-state index in [1.54, 1.807) is 11.3 Å². The van der Waals surface area contributed by atoms with E-state index in [-0.39, 0.29) is 6.04 Å². The van der Waals surface area contributed by atoms with Gasteiger partial charge in [-0.2, -0.15) is 0 Å². The summed E-state index contributed by atoms with van der Waals surface area (Å²) in [5.41, 5.74) is 3.43. The van der Waals surface area contributed by atoms with Gasteiger partial charge in [-0.1, -0.05) is 6.07 Å². The number of halogens is 1. The van der Waals surface area contributed by atoms with Crippen LogP contribution in [0.3, 0.4) is 0 Å². The lowest BCUT2D eigenvalue weighted by atomic mass is 10.2. The molecule has 1 unspecified atom stereocenters. The van der Waals surface area contributed by atoms with Crippen molar-refractivity contribution in [2.45, 2.75) is 33.2 Å². The molecular weight excluding hydrogens is 302 g/mol. The molecule has 1 atom stereocenters. The van der Waals surface area contributed by atoms with Gasteiger partial charge >= 0.3 is 0 Å². The van der Waals surface area contributed by atoms with Crippen LogP contribution in [0, 0.1) is 13.8 Å². The van der Waals surface area contributed by atoms with Gasteiger partial charge in [0.05, 0.1) is 17.1 Å². The molecule has 0 radical (unpaired) electrons. The predicted molar refractivity (Wildman–Crippen MR) is 89.6 cm³/mol. The second-order valence-corrected chi connectivity index (χ2v) is 6.96. The van der Waals surface area contributed by atoms with Gasteiger partial charge in [0.2, 0.25) is 0 Å². The minimum atomic E-state index is 0.175. The van der Waals surface area contributed by atoms with Crippen molar-refractivity contribution in [3.63, 3.8) is 0 Å². The van der Waals surface area contributed by atoms with E-state index in [0.29, 0.717) is 5.88 Å². The Morgan fingerprint density at radius 3 is 2.81 bits per heavy atom. The molecule has 2 aromatic heterocycles. The molecule has 2 heterocycles. The number of alkyl halides is 1. The molecule has 0 saturated heterocycles. The van der Waals surface area contributed by atoms with Crippen LogP contribution in [0.2, 0.25) is 0 Å². The van der Waals surface area contributed by atoms with Crippen LogP contribution in [-0.4, -0.2) is 20.4 Å². The molecule has 0 amide bonds. The number of nitrogens with zero attached hydrogens (tertiary/aromatic N) is 3. The molecular formula is C16H18ClN3S. The minimum absolute atomic E-state index is 0.175. The highest BCUT2D eigenvalue weighted by atomic mass is 35.5. The van der Waals surface area contributed by atoms with E-state index in [9.17, 15) is 0 Å². The Balaban J connectivity index is 2.18. The zero-order valence-corrected chi connectivity index (χ0v) is 14.0. The topological polar surface area (TPSA) is 30.7 Å². The quantitative estimate of drug-likeness (QED) is 0.663. The lowest BCUT2D eigenvalue weighted by Crippen LogP contribution is -2.11. The normalized spacial score (nSPS) is 13.0. The molecule has 0 aliphatic rings. The Hall–Kier alpha value is -1.39. The smallest absolute Gasteiger partial charge is 0.115 e. The van der Waals surface area contributed by atoms with E-state index >= 15 is 0 Å². The number of thiazole rings is 1. The molecule has 0 saturated carbocycles. The molecule has 110 valence electrons. The molecule has 3 nitrogen and oxygen atoms in total. The molecule has 3 aromatic rings. The maximum absolute atomic E-state index is 5.96. The number of imidazole rings is 1. The number of benzene rings is 1. The van der Waals surface area contributed by atoms with Crippen LogP contribution in [0.15, 0.2) is 24.4 Å². The summed E-state index contributed by atoms with van der Waals surface area (Å²) in [6, 6.07) is 6.55. The molecule has 0 N–H and O–H groups in total. The highest BCUT2D eigenvalue weighted by Gasteiger charge is 2.19. The van der Waals surface area contributed by atoms with E-state index in [1.165, 1.54) is 10.4 Å².